The van der Waals surface area contributed by atoms with E-state index in [4.69, 9.17) is 0 Å². The van der Waals surface area contributed by atoms with Crippen molar-refractivity contribution >= 4 is 15.9 Å². The quantitative estimate of drug-likeness (QED) is 0.601. The molecule has 0 saturated carbocycles. The molecule has 0 radical (unpaired) electrons. The first kappa shape index (κ1) is 7.53. The molecule has 1 aromatic rings. The predicted molar refractivity (Wildman–Crippen MR) is 31.8 cm³/mol. The molecule has 10 heavy (non-hydrogen) atoms. The summed E-state index contributed by atoms with van der Waals surface area (Å²) in [6.07, 6.45) is 0.600. The lowest BCUT2D eigenvalue weighted by Crippen LogP contribution is -1.92. The normalized spacial score (nSPS) is 10.0. The van der Waals surface area contributed by atoms with Crippen LogP contribution in [-0.4, -0.2) is 4.98 Å². The van der Waals surface area contributed by atoms with Crippen LogP contribution in [0.15, 0.2) is 10.7 Å². The third-order valence-electron chi connectivity index (χ3n) is 0.875. The molecule has 0 bridgehead atoms. The van der Waals surface area contributed by atoms with Gasteiger partial charge in [0.15, 0.2) is 11.6 Å². The van der Waals surface area contributed by atoms with E-state index in [1.165, 1.54) is 0 Å². The zero-order valence-corrected chi connectivity index (χ0v) is 6.12. The summed E-state index contributed by atoms with van der Waals surface area (Å²) in [5.74, 6) is -3.54. The Labute approximate surface area is 63.0 Å². The molecule has 0 aliphatic carbocycles. The van der Waals surface area contributed by atoms with Crippen LogP contribution in [-0.2, 0) is 0 Å². The van der Waals surface area contributed by atoms with Gasteiger partial charge >= 0.3 is 0 Å². The minimum absolute atomic E-state index is 0.528. The van der Waals surface area contributed by atoms with Gasteiger partial charge in [-0.15, -0.1) is 0 Å². The van der Waals surface area contributed by atoms with Crippen LogP contribution in [0.2, 0.25) is 0 Å². The maximum absolute atomic E-state index is 12.3. The van der Waals surface area contributed by atoms with Crippen LogP contribution in [0.1, 0.15) is 0 Å². The average Bonchev–Trinajstić information content (AvgIpc) is 1.93. The topological polar surface area (TPSA) is 12.9 Å². The van der Waals surface area contributed by atoms with E-state index in [9.17, 15) is 13.2 Å². The van der Waals surface area contributed by atoms with E-state index >= 15 is 0 Å². The predicted octanol–water partition coefficient (Wildman–Crippen LogP) is 2.26. The molecular weight excluding hydrogens is 211 g/mol. The lowest BCUT2D eigenvalue weighted by Gasteiger charge is -1.94. The fraction of sp³-hybridized carbons (Fsp3) is 0. The lowest BCUT2D eigenvalue weighted by atomic mass is 10.4. The minimum Gasteiger partial charge on any atom is -0.223 e. The molecule has 0 aliphatic heterocycles. The summed E-state index contributed by atoms with van der Waals surface area (Å²) in [7, 11) is 0. The van der Waals surface area contributed by atoms with Crippen LogP contribution in [0, 0.1) is 17.6 Å². The third-order valence-corrected chi connectivity index (χ3v) is 1.60. The highest BCUT2D eigenvalue weighted by atomic mass is 79.9. The zero-order chi connectivity index (χ0) is 7.72. The van der Waals surface area contributed by atoms with Gasteiger partial charge in [-0.25, -0.2) is 13.8 Å². The van der Waals surface area contributed by atoms with Crippen LogP contribution in [0.5, 0.6) is 0 Å². The van der Waals surface area contributed by atoms with Gasteiger partial charge < -0.3 is 0 Å². The van der Waals surface area contributed by atoms with Crippen LogP contribution in [0.25, 0.3) is 0 Å². The van der Waals surface area contributed by atoms with Crippen LogP contribution in [0.3, 0.4) is 0 Å². The lowest BCUT2D eigenvalue weighted by molar-refractivity contribution is 0.458. The standard InChI is InChI=1S/C5HBrF3N/c6-3-2(7)1-10-5(9)4(3)8/h1H. The molecule has 54 valence electrons. The Bertz CT molecular complexity index is 236. The summed E-state index contributed by atoms with van der Waals surface area (Å²) in [5, 5.41) is 0. The smallest absolute Gasteiger partial charge is 0.223 e. The molecule has 0 spiro atoms. The van der Waals surface area contributed by atoms with Crippen molar-refractivity contribution in [3.63, 3.8) is 0 Å². The van der Waals surface area contributed by atoms with E-state index in [0.29, 0.717) is 6.20 Å². The van der Waals surface area contributed by atoms with E-state index in [1.54, 1.807) is 0 Å². The van der Waals surface area contributed by atoms with Crippen molar-refractivity contribution in [1.82, 2.24) is 4.98 Å². The van der Waals surface area contributed by atoms with E-state index in [0.717, 1.165) is 0 Å². The largest absolute Gasteiger partial charge is 0.250 e. The molecule has 1 nitrogen and oxygen atoms in total. The summed E-state index contributed by atoms with van der Waals surface area (Å²) < 4.78 is 36.1. The fourth-order valence-corrected chi connectivity index (χ4v) is 0.688. The van der Waals surface area contributed by atoms with Crippen LogP contribution in [0.4, 0.5) is 13.2 Å². The summed E-state index contributed by atoms with van der Waals surface area (Å²) in [6, 6.07) is 0. The van der Waals surface area contributed by atoms with Gasteiger partial charge in [0.25, 0.3) is 0 Å². The van der Waals surface area contributed by atoms with Gasteiger partial charge in [-0.05, 0) is 15.9 Å². The van der Waals surface area contributed by atoms with Crippen molar-refractivity contribution in [2.24, 2.45) is 0 Å². The van der Waals surface area contributed by atoms with Gasteiger partial charge in [-0.3, -0.25) is 0 Å². The fourth-order valence-electron chi connectivity index (χ4n) is 0.422. The highest BCUT2D eigenvalue weighted by Gasteiger charge is 2.11. The van der Waals surface area contributed by atoms with Gasteiger partial charge in [0.1, 0.15) is 0 Å². The molecule has 0 aromatic carbocycles. The molecule has 0 unspecified atom stereocenters. The Morgan fingerprint density at radius 2 is 1.90 bits per heavy atom. The number of hydrogen-bond acceptors (Lipinski definition) is 1. The second kappa shape index (κ2) is 2.57. The van der Waals surface area contributed by atoms with E-state index in [-0.39, 0.29) is 0 Å². The van der Waals surface area contributed by atoms with Gasteiger partial charge in [0.05, 0.1) is 10.7 Å². The SMILES string of the molecule is Fc1cnc(F)c(F)c1Br. The molecule has 0 amide bonds. The maximum Gasteiger partial charge on any atom is 0.250 e. The molecule has 1 rings (SSSR count). The summed E-state index contributed by atoms with van der Waals surface area (Å²) in [6.45, 7) is 0. The van der Waals surface area contributed by atoms with Gasteiger partial charge in [-0.2, -0.15) is 4.39 Å². The summed E-state index contributed by atoms with van der Waals surface area (Å²) in [4.78, 5) is 2.79. The number of hydrogen-bond donors (Lipinski definition) is 0. The van der Waals surface area contributed by atoms with Gasteiger partial charge in [-0.1, -0.05) is 0 Å². The number of pyridine rings is 1. The number of nitrogens with zero attached hydrogens (tertiary/aromatic N) is 1. The molecule has 0 atom stereocenters. The minimum atomic E-state index is -1.31. The molecule has 0 N–H and O–H groups in total. The molecule has 1 heterocycles. The van der Waals surface area contributed by atoms with Crippen molar-refractivity contribution in [3.8, 4) is 0 Å². The van der Waals surface area contributed by atoms with Crippen molar-refractivity contribution in [2.75, 3.05) is 0 Å². The van der Waals surface area contributed by atoms with E-state index in [1.807, 2.05) is 0 Å². The van der Waals surface area contributed by atoms with Crippen molar-refractivity contribution < 1.29 is 13.2 Å². The average molecular weight is 212 g/mol. The summed E-state index contributed by atoms with van der Waals surface area (Å²) >= 11 is 2.50. The Balaban J connectivity index is 3.34. The Kier molecular flexibility index (Phi) is 1.94. The number of halogens is 4. The van der Waals surface area contributed by atoms with Crippen molar-refractivity contribution in [1.29, 1.82) is 0 Å². The second-order valence-electron chi connectivity index (χ2n) is 1.52. The van der Waals surface area contributed by atoms with E-state index in [2.05, 4.69) is 20.9 Å². The number of aromatic nitrogens is 1. The first-order valence-corrected chi connectivity index (χ1v) is 3.07. The Hall–Kier alpha value is -0.580. The maximum atomic E-state index is 12.3. The zero-order valence-electron chi connectivity index (χ0n) is 4.54. The first-order valence-electron chi connectivity index (χ1n) is 2.28. The van der Waals surface area contributed by atoms with Crippen molar-refractivity contribution in [3.05, 3.63) is 28.3 Å². The molecule has 5 heteroatoms. The van der Waals surface area contributed by atoms with E-state index < -0.39 is 22.1 Å². The molecule has 0 fully saturated rings. The second-order valence-corrected chi connectivity index (χ2v) is 2.32. The molecule has 0 aliphatic rings. The van der Waals surface area contributed by atoms with Gasteiger partial charge in [0, 0.05) is 0 Å². The summed E-state index contributed by atoms with van der Waals surface area (Å²) in [5.41, 5.74) is 0. The molecular formula is C5HBrF3N. The molecule has 0 saturated heterocycles. The van der Waals surface area contributed by atoms with Crippen molar-refractivity contribution in [2.45, 2.75) is 0 Å². The third kappa shape index (κ3) is 1.13. The monoisotopic (exact) mass is 211 g/mol. The van der Waals surface area contributed by atoms with Crippen LogP contribution >= 0.6 is 15.9 Å². The highest BCUT2D eigenvalue weighted by molar-refractivity contribution is 9.10. The Morgan fingerprint density at radius 1 is 1.30 bits per heavy atom. The van der Waals surface area contributed by atoms with Crippen LogP contribution < -0.4 is 0 Å². The van der Waals surface area contributed by atoms with Gasteiger partial charge in [0.2, 0.25) is 5.95 Å². The first-order chi connectivity index (χ1) is 4.63. The Morgan fingerprint density at radius 3 is 2.40 bits per heavy atom. The molecule has 1 aromatic heterocycles. The number of rotatable bonds is 0. The highest BCUT2D eigenvalue weighted by Crippen LogP contribution is 2.19.